The molecule has 0 spiro atoms. The summed E-state index contributed by atoms with van der Waals surface area (Å²) in [6, 6.07) is 23.5. The lowest BCUT2D eigenvalue weighted by atomic mass is 9.91. The highest BCUT2D eigenvalue weighted by Gasteiger charge is 2.35. The van der Waals surface area contributed by atoms with E-state index in [1.165, 1.54) is 0 Å². The third-order valence-electron chi connectivity index (χ3n) is 9.66. The van der Waals surface area contributed by atoms with E-state index in [9.17, 15) is 14.7 Å². The molecule has 2 saturated heterocycles. The van der Waals surface area contributed by atoms with Gasteiger partial charge in [0.1, 0.15) is 6.61 Å². The van der Waals surface area contributed by atoms with Gasteiger partial charge in [-0.2, -0.15) is 0 Å². The van der Waals surface area contributed by atoms with Crippen LogP contribution in [0.1, 0.15) is 56.6 Å². The van der Waals surface area contributed by atoms with Gasteiger partial charge < -0.3 is 33.7 Å². The van der Waals surface area contributed by atoms with E-state index in [1.807, 2.05) is 70.6 Å². The van der Waals surface area contributed by atoms with Crippen molar-refractivity contribution in [2.24, 2.45) is 0 Å². The minimum atomic E-state index is -0.946. The molecule has 3 amide bonds. The van der Waals surface area contributed by atoms with E-state index in [1.54, 1.807) is 12.0 Å². The van der Waals surface area contributed by atoms with Gasteiger partial charge in [0.2, 0.25) is 0 Å². The number of rotatable bonds is 13. The van der Waals surface area contributed by atoms with Crippen LogP contribution in [0.4, 0.5) is 15.3 Å². The Morgan fingerprint density at radius 1 is 0.918 bits per heavy atom. The van der Waals surface area contributed by atoms with E-state index in [2.05, 4.69) is 29.7 Å². The maximum Gasteiger partial charge on any atom is 0.410 e. The first-order valence-corrected chi connectivity index (χ1v) is 17.5. The maximum atomic E-state index is 13.8. The van der Waals surface area contributed by atoms with Crippen LogP contribution in [0.25, 0.3) is 10.9 Å². The molecule has 49 heavy (non-hydrogen) atoms. The number of unbranched alkanes of at least 4 members (excludes halogenated alkanes) is 2. The summed E-state index contributed by atoms with van der Waals surface area (Å²) >= 11 is 0. The number of anilines is 1. The van der Waals surface area contributed by atoms with Crippen LogP contribution in [-0.4, -0.2) is 77.1 Å². The second-order valence-corrected chi connectivity index (χ2v) is 13.1. The highest BCUT2D eigenvalue weighted by atomic mass is 16.6. The fraction of sp³-hybridized carbons (Fsp3) is 0.436. The largest absolute Gasteiger partial charge is 0.493 e. The topological polar surface area (TPSA) is 96.7 Å². The lowest BCUT2D eigenvalue weighted by Crippen LogP contribution is -2.49. The number of methoxy groups -OCH3 is 1. The number of piperidine rings is 1. The fourth-order valence-corrected chi connectivity index (χ4v) is 6.81. The average Bonchev–Trinajstić information content (AvgIpc) is 3.53. The maximum absolute atomic E-state index is 13.8. The lowest BCUT2D eigenvalue weighted by molar-refractivity contribution is -0.0323. The molecule has 0 atom stereocenters. The zero-order valence-corrected chi connectivity index (χ0v) is 28.7. The van der Waals surface area contributed by atoms with Gasteiger partial charge in [0.15, 0.2) is 11.5 Å². The lowest BCUT2D eigenvalue weighted by Gasteiger charge is -2.38. The minimum absolute atomic E-state index is 0.0341. The van der Waals surface area contributed by atoms with Gasteiger partial charge in [0, 0.05) is 61.6 Å². The number of likely N-dealkylation sites (tertiary alicyclic amines) is 1. The molecule has 3 heterocycles. The molecule has 0 radical (unpaired) electrons. The molecule has 0 saturated carbocycles. The van der Waals surface area contributed by atoms with Gasteiger partial charge in [-0.1, -0.05) is 62.2 Å². The van der Waals surface area contributed by atoms with E-state index in [0.29, 0.717) is 70.2 Å². The summed E-state index contributed by atoms with van der Waals surface area (Å²) < 4.78 is 19.2. The first-order chi connectivity index (χ1) is 23.9. The van der Waals surface area contributed by atoms with Gasteiger partial charge in [0.05, 0.1) is 25.9 Å². The molecule has 2 fully saturated rings. The predicted molar refractivity (Wildman–Crippen MR) is 190 cm³/mol. The van der Waals surface area contributed by atoms with Gasteiger partial charge in [-0.15, -0.1) is 0 Å². The number of nitrogens with zero attached hydrogens (tertiary/aromatic N) is 4. The quantitative estimate of drug-likeness (QED) is 0.151. The van der Waals surface area contributed by atoms with Crippen LogP contribution >= 0.6 is 0 Å². The van der Waals surface area contributed by atoms with E-state index in [0.717, 1.165) is 53.4 Å². The SMILES string of the molecule is CCCCCOc1cc(N2CCCN(Cc3cccc4c3ccn4CC3(O)CCN(C(=O)OCc4ccccc4)CC3)C2=O)ccc1OC. The van der Waals surface area contributed by atoms with Crippen molar-refractivity contribution in [3.05, 3.63) is 90.1 Å². The molecule has 0 aliphatic carbocycles. The number of aromatic nitrogens is 1. The summed E-state index contributed by atoms with van der Waals surface area (Å²) in [5, 5.41) is 12.6. The van der Waals surface area contributed by atoms with Gasteiger partial charge in [-0.3, -0.25) is 4.90 Å². The molecule has 6 rings (SSSR count). The Hall–Kier alpha value is -4.70. The number of urea groups is 1. The number of amides is 3. The number of aliphatic hydroxyl groups is 1. The van der Waals surface area contributed by atoms with Crippen LogP contribution in [0.15, 0.2) is 79.0 Å². The third kappa shape index (κ3) is 8.13. The number of carbonyl (C=O) groups excluding carboxylic acids is 2. The molecule has 1 aromatic heterocycles. The van der Waals surface area contributed by atoms with E-state index >= 15 is 0 Å². The summed E-state index contributed by atoms with van der Waals surface area (Å²) in [4.78, 5) is 31.9. The van der Waals surface area contributed by atoms with Gasteiger partial charge in [-0.05, 0) is 61.1 Å². The van der Waals surface area contributed by atoms with Crippen LogP contribution in [0.5, 0.6) is 11.5 Å². The molecule has 0 bridgehead atoms. The highest BCUT2D eigenvalue weighted by molar-refractivity contribution is 5.93. The second-order valence-electron chi connectivity index (χ2n) is 13.1. The Bertz CT molecular complexity index is 1720. The Morgan fingerprint density at radius 2 is 1.73 bits per heavy atom. The summed E-state index contributed by atoms with van der Waals surface area (Å²) in [5.41, 5.74) is 2.87. The molecule has 2 aliphatic rings. The van der Waals surface area contributed by atoms with Crippen molar-refractivity contribution in [2.45, 2.75) is 70.7 Å². The monoisotopic (exact) mass is 668 g/mol. The average molecular weight is 669 g/mol. The molecule has 4 aromatic rings. The minimum Gasteiger partial charge on any atom is -0.493 e. The number of ether oxygens (including phenoxy) is 3. The van der Waals surface area contributed by atoms with Crippen molar-refractivity contribution >= 4 is 28.7 Å². The Balaban J connectivity index is 1.08. The number of benzene rings is 3. The molecular weight excluding hydrogens is 620 g/mol. The zero-order chi connectivity index (χ0) is 34.2. The van der Waals surface area contributed by atoms with Crippen LogP contribution in [0.3, 0.4) is 0 Å². The fourth-order valence-electron chi connectivity index (χ4n) is 6.81. The molecule has 0 unspecified atom stereocenters. The van der Waals surface area contributed by atoms with Crippen molar-refractivity contribution in [3.63, 3.8) is 0 Å². The standard InChI is InChI=1S/C39H48N4O6/c1-3-4-8-25-48-36-26-32(15-16-35(36)47-2)43-21-10-20-41(37(43)44)27-31-13-9-14-34-33(31)17-22-42(34)29-39(46)18-23-40(24-19-39)38(45)49-28-30-11-6-5-7-12-30/h5-7,9,11-17,22,26,46H,3-4,8,10,18-21,23-25,27-29H2,1-2H3. The molecule has 260 valence electrons. The normalized spacial score (nSPS) is 16.2. The van der Waals surface area contributed by atoms with Crippen molar-refractivity contribution in [1.82, 2.24) is 14.4 Å². The van der Waals surface area contributed by atoms with Crippen molar-refractivity contribution in [2.75, 3.05) is 44.8 Å². The van der Waals surface area contributed by atoms with Crippen LogP contribution in [-0.2, 0) is 24.4 Å². The highest BCUT2D eigenvalue weighted by Crippen LogP contribution is 2.34. The molecule has 10 heteroatoms. The summed E-state index contributed by atoms with van der Waals surface area (Å²) in [6.45, 7) is 6.08. The van der Waals surface area contributed by atoms with E-state index < -0.39 is 5.60 Å². The summed E-state index contributed by atoms with van der Waals surface area (Å²) in [5.74, 6) is 1.32. The number of fused-ring (bicyclic) bond motifs is 1. The van der Waals surface area contributed by atoms with E-state index in [-0.39, 0.29) is 18.7 Å². The second kappa shape index (κ2) is 15.7. The Morgan fingerprint density at radius 3 is 2.51 bits per heavy atom. The molecule has 1 N–H and O–H groups in total. The Labute approximate surface area is 288 Å². The number of carbonyl (C=O) groups is 2. The Kier molecular flexibility index (Phi) is 10.9. The number of hydrogen-bond acceptors (Lipinski definition) is 6. The first kappa shape index (κ1) is 34.2. The summed E-state index contributed by atoms with van der Waals surface area (Å²) in [7, 11) is 1.63. The molecule has 3 aromatic carbocycles. The predicted octanol–water partition coefficient (Wildman–Crippen LogP) is 7.21. The van der Waals surface area contributed by atoms with Gasteiger partial charge in [0.25, 0.3) is 0 Å². The number of hydrogen-bond donors (Lipinski definition) is 1. The zero-order valence-electron chi connectivity index (χ0n) is 28.7. The molecule has 2 aliphatic heterocycles. The van der Waals surface area contributed by atoms with Crippen LogP contribution < -0.4 is 14.4 Å². The van der Waals surface area contributed by atoms with Crippen molar-refractivity contribution in [3.8, 4) is 11.5 Å². The van der Waals surface area contributed by atoms with Gasteiger partial charge >= 0.3 is 12.1 Å². The van der Waals surface area contributed by atoms with Gasteiger partial charge in [-0.25, -0.2) is 9.59 Å². The molecular formula is C39H48N4O6. The third-order valence-corrected chi connectivity index (χ3v) is 9.66. The van der Waals surface area contributed by atoms with Crippen LogP contribution in [0.2, 0.25) is 0 Å². The van der Waals surface area contributed by atoms with Crippen molar-refractivity contribution < 1.29 is 28.9 Å². The molecule has 10 nitrogen and oxygen atoms in total. The van der Waals surface area contributed by atoms with E-state index in [4.69, 9.17) is 14.2 Å². The summed E-state index contributed by atoms with van der Waals surface area (Å²) in [6.07, 6.45) is 6.62. The van der Waals surface area contributed by atoms with Crippen LogP contribution in [0, 0.1) is 0 Å². The smallest absolute Gasteiger partial charge is 0.410 e. The van der Waals surface area contributed by atoms with Crippen molar-refractivity contribution in [1.29, 1.82) is 0 Å². The first-order valence-electron chi connectivity index (χ1n) is 17.5.